The minimum atomic E-state index is -0.475. The van der Waals surface area contributed by atoms with E-state index in [4.69, 9.17) is 9.47 Å². The zero-order valence-corrected chi connectivity index (χ0v) is 14.6. The smallest absolute Gasteiger partial charge is 0.308 e. The number of nitrogens with zero attached hydrogens (tertiary/aromatic N) is 1. The van der Waals surface area contributed by atoms with Crippen molar-refractivity contribution >= 4 is 22.7 Å². The average Bonchev–Trinajstić information content (AvgIpc) is 2.96. The molecular formula is C20H19NO4. The van der Waals surface area contributed by atoms with Crippen LogP contribution in [0.2, 0.25) is 0 Å². The fraction of sp³-hybridized carbons (Fsp3) is 0.200. The normalized spacial score (nSPS) is 10.7. The molecule has 0 saturated heterocycles. The predicted molar refractivity (Wildman–Crippen MR) is 96.2 cm³/mol. The van der Waals surface area contributed by atoms with Gasteiger partial charge in [-0.3, -0.25) is 9.59 Å². The Morgan fingerprint density at radius 1 is 1.00 bits per heavy atom. The van der Waals surface area contributed by atoms with Crippen LogP contribution < -0.4 is 9.47 Å². The molecule has 5 heteroatoms. The van der Waals surface area contributed by atoms with Crippen LogP contribution in [0.3, 0.4) is 0 Å². The summed E-state index contributed by atoms with van der Waals surface area (Å²) in [5, 5.41) is 0.666. The van der Waals surface area contributed by atoms with Crippen LogP contribution >= 0.6 is 0 Å². The molecular weight excluding hydrogens is 318 g/mol. The number of aromatic nitrogens is 1. The quantitative estimate of drug-likeness (QED) is 0.410. The minimum Gasteiger partial charge on any atom is -0.494 e. The molecule has 0 atom stereocenters. The first kappa shape index (κ1) is 16.8. The molecule has 2 aromatic carbocycles. The number of ether oxygens (including phenoxy) is 2. The number of methoxy groups -OCH3 is 1. The summed E-state index contributed by atoms with van der Waals surface area (Å²) in [5.41, 5.74) is 2.56. The van der Waals surface area contributed by atoms with Gasteiger partial charge in [0.15, 0.2) is 17.3 Å². The molecule has 0 aliphatic carbocycles. The first-order valence-corrected chi connectivity index (χ1v) is 7.89. The highest BCUT2D eigenvalue weighted by Crippen LogP contribution is 2.46. The second kappa shape index (κ2) is 6.43. The maximum atomic E-state index is 12.5. The molecule has 0 bridgehead atoms. The second-order valence-corrected chi connectivity index (χ2v) is 5.82. The van der Waals surface area contributed by atoms with Gasteiger partial charge in [0, 0.05) is 31.1 Å². The number of rotatable bonds is 4. The van der Waals surface area contributed by atoms with E-state index >= 15 is 0 Å². The number of Topliss-reactive ketones (excluding diaryl/α,β-unsaturated/α-hetero) is 1. The van der Waals surface area contributed by atoms with E-state index in [0.717, 1.165) is 11.1 Å². The lowest BCUT2D eigenvalue weighted by Gasteiger charge is -2.19. The van der Waals surface area contributed by atoms with Gasteiger partial charge >= 0.3 is 5.97 Å². The molecule has 25 heavy (non-hydrogen) atoms. The van der Waals surface area contributed by atoms with Crippen molar-refractivity contribution in [2.45, 2.75) is 13.8 Å². The Hall–Kier alpha value is -3.08. The van der Waals surface area contributed by atoms with Crippen molar-refractivity contribution in [1.82, 2.24) is 4.57 Å². The third kappa shape index (κ3) is 2.78. The molecule has 3 rings (SSSR count). The fourth-order valence-electron chi connectivity index (χ4n) is 3.14. The average molecular weight is 337 g/mol. The summed E-state index contributed by atoms with van der Waals surface area (Å²) in [7, 11) is 3.45. The number of hydrogen-bond acceptors (Lipinski definition) is 4. The Balaban J connectivity index is 2.55. The van der Waals surface area contributed by atoms with E-state index < -0.39 is 5.97 Å². The largest absolute Gasteiger partial charge is 0.494 e. The molecule has 1 aromatic heterocycles. The summed E-state index contributed by atoms with van der Waals surface area (Å²) >= 11 is 0. The van der Waals surface area contributed by atoms with Crippen molar-refractivity contribution in [1.29, 1.82) is 0 Å². The van der Waals surface area contributed by atoms with Crippen LogP contribution in [0.25, 0.3) is 22.0 Å². The van der Waals surface area contributed by atoms with Crippen LogP contribution in [0, 0.1) is 0 Å². The lowest BCUT2D eigenvalue weighted by molar-refractivity contribution is -0.131. The van der Waals surface area contributed by atoms with Gasteiger partial charge in [0.1, 0.15) is 0 Å². The Kier molecular flexibility index (Phi) is 4.31. The highest BCUT2D eigenvalue weighted by molar-refractivity contribution is 6.13. The highest BCUT2D eigenvalue weighted by atomic mass is 16.5. The van der Waals surface area contributed by atoms with Crippen LogP contribution in [-0.4, -0.2) is 23.4 Å². The molecule has 0 radical (unpaired) electrons. The van der Waals surface area contributed by atoms with Gasteiger partial charge in [-0.25, -0.2) is 0 Å². The maximum absolute atomic E-state index is 12.5. The molecule has 1 heterocycles. The first-order chi connectivity index (χ1) is 12.0. The van der Waals surface area contributed by atoms with E-state index in [-0.39, 0.29) is 11.5 Å². The molecule has 5 nitrogen and oxygen atoms in total. The predicted octanol–water partition coefficient (Wildman–Crippen LogP) is 3.98. The summed E-state index contributed by atoms with van der Waals surface area (Å²) in [6.45, 7) is 2.79. The number of aryl methyl sites for hydroxylation is 1. The molecule has 3 aromatic rings. The third-order valence-corrected chi connectivity index (χ3v) is 4.10. The zero-order chi connectivity index (χ0) is 18.1. The molecule has 0 amide bonds. The Morgan fingerprint density at radius 3 is 2.24 bits per heavy atom. The third-order valence-electron chi connectivity index (χ3n) is 4.10. The summed E-state index contributed by atoms with van der Waals surface area (Å²) in [5.74, 6) is 0.182. The number of carbonyl (C=O) groups is 2. The van der Waals surface area contributed by atoms with E-state index in [9.17, 15) is 9.59 Å². The molecule has 0 N–H and O–H groups in total. The summed E-state index contributed by atoms with van der Waals surface area (Å²) in [4.78, 5) is 24.2. The van der Waals surface area contributed by atoms with Crippen LogP contribution in [0.4, 0.5) is 0 Å². The fourth-order valence-corrected chi connectivity index (χ4v) is 3.14. The topological polar surface area (TPSA) is 57.5 Å². The van der Waals surface area contributed by atoms with Gasteiger partial charge in [0.2, 0.25) is 0 Å². The van der Waals surface area contributed by atoms with Gasteiger partial charge in [0.25, 0.3) is 0 Å². The van der Waals surface area contributed by atoms with E-state index in [2.05, 4.69) is 0 Å². The molecule has 0 unspecified atom stereocenters. The molecule has 0 spiro atoms. The van der Waals surface area contributed by atoms with Gasteiger partial charge in [0.05, 0.1) is 18.2 Å². The first-order valence-electron chi connectivity index (χ1n) is 7.89. The van der Waals surface area contributed by atoms with Crippen molar-refractivity contribution < 1.29 is 19.1 Å². The van der Waals surface area contributed by atoms with Crippen molar-refractivity contribution in [2.24, 2.45) is 7.05 Å². The summed E-state index contributed by atoms with van der Waals surface area (Å²) in [6.07, 6.45) is 1.85. The number of hydrogen-bond donors (Lipinski definition) is 0. The highest BCUT2D eigenvalue weighted by Gasteiger charge is 2.27. The lowest BCUT2D eigenvalue weighted by Crippen LogP contribution is -2.10. The molecule has 0 fully saturated rings. The van der Waals surface area contributed by atoms with Gasteiger partial charge in [-0.2, -0.15) is 0 Å². The molecule has 0 aliphatic rings. The van der Waals surface area contributed by atoms with E-state index in [1.54, 1.807) is 7.11 Å². The van der Waals surface area contributed by atoms with Gasteiger partial charge in [-0.05, 0) is 18.6 Å². The SMILES string of the molecule is COc1c(-c2ccccc2)c(C(C)=O)c(OC(C)=O)c2ccn(C)c12. The van der Waals surface area contributed by atoms with Crippen molar-refractivity contribution in [2.75, 3.05) is 7.11 Å². The molecule has 0 aliphatic heterocycles. The Labute approximate surface area is 145 Å². The standard InChI is InChI=1S/C20H19NO4/c1-12(22)16-17(14-8-6-5-7-9-14)20(24-4)18-15(10-11-21(18)3)19(16)25-13(2)23/h5-11H,1-4H3. The molecule has 128 valence electrons. The number of esters is 1. The maximum Gasteiger partial charge on any atom is 0.308 e. The van der Waals surface area contributed by atoms with Crippen LogP contribution in [0.5, 0.6) is 11.5 Å². The van der Waals surface area contributed by atoms with Crippen molar-refractivity contribution in [3.05, 3.63) is 48.2 Å². The van der Waals surface area contributed by atoms with Crippen LogP contribution in [-0.2, 0) is 11.8 Å². The van der Waals surface area contributed by atoms with Gasteiger partial charge < -0.3 is 14.0 Å². The number of fused-ring (bicyclic) bond motifs is 1. The van der Waals surface area contributed by atoms with E-state index in [1.807, 2.05) is 54.2 Å². The number of carbonyl (C=O) groups excluding carboxylic acids is 2. The van der Waals surface area contributed by atoms with Crippen molar-refractivity contribution in [3.8, 4) is 22.6 Å². The number of ketones is 1. The minimum absolute atomic E-state index is 0.195. The monoisotopic (exact) mass is 337 g/mol. The number of benzene rings is 2. The Morgan fingerprint density at radius 2 is 1.68 bits per heavy atom. The van der Waals surface area contributed by atoms with Gasteiger partial charge in [-0.1, -0.05) is 30.3 Å². The zero-order valence-electron chi connectivity index (χ0n) is 14.6. The lowest BCUT2D eigenvalue weighted by atomic mass is 9.93. The Bertz CT molecular complexity index is 971. The summed E-state index contributed by atoms with van der Waals surface area (Å²) in [6, 6.07) is 11.3. The molecule has 0 saturated carbocycles. The second-order valence-electron chi connectivity index (χ2n) is 5.82. The summed E-state index contributed by atoms with van der Waals surface area (Å²) < 4.78 is 13.0. The van der Waals surface area contributed by atoms with E-state index in [0.29, 0.717) is 22.3 Å². The van der Waals surface area contributed by atoms with Gasteiger partial charge in [-0.15, -0.1) is 0 Å². The van der Waals surface area contributed by atoms with Crippen LogP contribution in [0.1, 0.15) is 24.2 Å². The van der Waals surface area contributed by atoms with Crippen LogP contribution in [0.15, 0.2) is 42.6 Å². The van der Waals surface area contributed by atoms with Crippen molar-refractivity contribution in [3.63, 3.8) is 0 Å². The van der Waals surface area contributed by atoms with E-state index in [1.165, 1.54) is 13.8 Å².